The fraction of sp³-hybridized carbons (Fsp3) is 0.286. The third kappa shape index (κ3) is 1.79. The van der Waals surface area contributed by atoms with Crippen molar-refractivity contribution in [2.24, 2.45) is 0 Å². The van der Waals surface area contributed by atoms with Crippen molar-refractivity contribution < 1.29 is 0 Å². The summed E-state index contributed by atoms with van der Waals surface area (Å²) in [6.07, 6.45) is 4.97. The number of aryl methyl sites for hydroxylation is 2. The summed E-state index contributed by atoms with van der Waals surface area (Å²) in [4.78, 5) is 4.37. The molecule has 1 aliphatic heterocycles. The Morgan fingerprint density at radius 3 is 3.00 bits per heavy atom. The Kier molecular flexibility index (Phi) is 2.63. The van der Waals surface area contributed by atoms with Gasteiger partial charge in [-0.25, -0.2) is 4.98 Å². The minimum Gasteiger partial charge on any atom is -0.366 e. The summed E-state index contributed by atoms with van der Waals surface area (Å²) in [5.74, 6) is 0.980. The van der Waals surface area contributed by atoms with Crippen LogP contribution in [0.25, 0.3) is 5.57 Å². The molecule has 0 aliphatic carbocycles. The molecule has 0 unspecified atom stereocenters. The van der Waals surface area contributed by atoms with Gasteiger partial charge in [0.25, 0.3) is 0 Å². The van der Waals surface area contributed by atoms with Crippen LogP contribution in [0.15, 0.2) is 24.4 Å². The standard InChI is InChI=1S/C14H16N4/c1-9-13(10(2)18-17-9)8-11-5-7-16-14-12(11)4-3-6-15-14/h3-6H,7-8H2,1-2H3,(H,15,16)(H,17,18). The lowest BCUT2D eigenvalue weighted by molar-refractivity contribution is 1.02. The highest BCUT2D eigenvalue weighted by molar-refractivity contribution is 5.78. The van der Waals surface area contributed by atoms with Crippen LogP contribution in [0.4, 0.5) is 5.82 Å². The van der Waals surface area contributed by atoms with Crippen LogP contribution in [-0.2, 0) is 6.42 Å². The predicted molar refractivity (Wildman–Crippen MR) is 72.5 cm³/mol. The minimum absolute atomic E-state index is 0.843. The molecule has 0 aromatic carbocycles. The van der Waals surface area contributed by atoms with Crippen molar-refractivity contribution in [3.63, 3.8) is 0 Å². The third-order valence-corrected chi connectivity index (χ3v) is 3.42. The van der Waals surface area contributed by atoms with Gasteiger partial charge in [-0.15, -0.1) is 0 Å². The van der Waals surface area contributed by atoms with Crippen molar-refractivity contribution in [3.05, 3.63) is 46.9 Å². The summed E-state index contributed by atoms with van der Waals surface area (Å²) >= 11 is 0. The second-order valence-electron chi connectivity index (χ2n) is 4.60. The number of fused-ring (bicyclic) bond motifs is 1. The van der Waals surface area contributed by atoms with Crippen LogP contribution in [0.3, 0.4) is 0 Å². The molecule has 1 aliphatic rings. The fourth-order valence-corrected chi connectivity index (χ4v) is 2.38. The number of nitrogens with zero attached hydrogens (tertiary/aromatic N) is 2. The van der Waals surface area contributed by atoms with Gasteiger partial charge in [-0.2, -0.15) is 5.10 Å². The second-order valence-corrected chi connectivity index (χ2v) is 4.60. The van der Waals surface area contributed by atoms with Crippen LogP contribution in [0.1, 0.15) is 22.5 Å². The number of nitrogens with one attached hydrogen (secondary N) is 2. The van der Waals surface area contributed by atoms with E-state index in [1.165, 1.54) is 16.7 Å². The summed E-state index contributed by atoms with van der Waals surface area (Å²) in [6.45, 7) is 4.96. The number of hydrogen-bond donors (Lipinski definition) is 2. The van der Waals surface area contributed by atoms with E-state index in [-0.39, 0.29) is 0 Å². The molecule has 3 heterocycles. The maximum absolute atomic E-state index is 4.37. The number of hydrogen-bond acceptors (Lipinski definition) is 3. The fourth-order valence-electron chi connectivity index (χ4n) is 2.38. The molecule has 0 atom stereocenters. The van der Waals surface area contributed by atoms with Crippen molar-refractivity contribution in [1.29, 1.82) is 0 Å². The summed E-state index contributed by atoms with van der Waals surface area (Å²) in [7, 11) is 0. The van der Waals surface area contributed by atoms with E-state index in [0.29, 0.717) is 0 Å². The molecule has 2 aromatic rings. The van der Waals surface area contributed by atoms with Crippen LogP contribution in [0.5, 0.6) is 0 Å². The van der Waals surface area contributed by atoms with Gasteiger partial charge in [-0.05, 0) is 31.6 Å². The molecule has 0 radical (unpaired) electrons. The smallest absolute Gasteiger partial charge is 0.133 e. The van der Waals surface area contributed by atoms with Gasteiger partial charge in [0.1, 0.15) is 5.82 Å². The zero-order valence-electron chi connectivity index (χ0n) is 10.6. The van der Waals surface area contributed by atoms with Gasteiger partial charge in [0, 0.05) is 36.0 Å². The summed E-state index contributed by atoms with van der Waals surface area (Å²) < 4.78 is 0. The van der Waals surface area contributed by atoms with E-state index in [2.05, 4.69) is 39.6 Å². The van der Waals surface area contributed by atoms with E-state index < -0.39 is 0 Å². The highest BCUT2D eigenvalue weighted by Crippen LogP contribution is 2.29. The Bertz CT molecular complexity index is 591. The monoisotopic (exact) mass is 240 g/mol. The molecular formula is C14H16N4. The molecule has 2 aromatic heterocycles. The number of pyridine rings is 1. The van der Waals surface area contributed by atoms with Crippen molar-refractivity contribution >= 4 is 11.4 Å². The van der Waals surface area contributed by atoms with E-state index in [0.717, 1.165) is 30.2 Å². The lowest BCUT2D eigenvalue weighted by Gasteiger charge is -2.18. The first-order valence-electron chi connectivity index (χ1n) is 6.14. The first kappa shape index (κ1) is 11.0. The number of aromatic nitrogens is 3. The largest absolute Gasteiger partial charge is 0.366 e. The maximum Gasteiger partial charge on any atom is 0.133 e. The van der Waals surface area contributed by atoms with Gasteiger partial charge in [-0.3, -0.25) is 5.10 Å². The average Bonchev–Trinajstić information content (AvgIpc) is 2.71. The van der Waals surface area contributed by atoms with Gasteiger partial charge >= 0.3 is 0 Å². The van der Waals surface area contributed by atoms with Crippen molar-refractivity contribution in [3.8, 4) is 0 Å². The first-order valence-corrected chi connectivity index (χ1v) is 6.14. The molecule has 0 amide bonds. The summed E-state index contributed by atoms with van der Waals surface area (Å²) in [5, 5.41) is 10.6. The normalized spacial score (nSPS) is 13.8. The van der Waals surface area contributed by atoms with Gasteiger partial charge in [0.2, 0.25) is 0 Å². The van der Waals surface area contributed by atoms with Crippen molar-refractivity contribution in [2.45, 2.75) is 20.3 Å². The molecule has 0 saturated carbocycles. The third-order valence-electron chi connectivity index (χ3n) is 3.42. The Labute approximate surface area is 106 Å². The maximum atomic E-state index is 4.37. The van der Waals surface area contributed by atoms with Gasteiger partial charge in [0.05, 0.1) is 5.69 Å². The minimum atomic E-state index is 0.843. The molecule has 2 N–H and O–H groups in total. The Morgan fingerprint density at radius 1 is 1.33 bits per heavy atom. The van der Waals surface area contributed by atoms with E-state index in [9.17, 15) is 0 Å². The highest BCUT2D eigenvalue weighted by Gasteiger charge is 2.15. The molecule has 0 bridgehead atoms. The quantitative estimate of drug-likeness (QED) is 0.848. The molecule has 4 nitrogen and oxygen atoms in total. The van der Waals surface area contributed by atoms with Crippen LogP contribution in [0, 0.1) is 13.8 Å². The number of allylic oxidation sites excluding steroid dienone is 1. The SMILES string of the molecule is Cc1n[nH]c(C)c1CC1=CCNc2ncccc21. The summed E-state index contributed by atoms with van der Waals surface area (Å²) in [6, 6.07) is 4.10. The van der Waals surface area contributed by atoms with Gasteiger partial charge in [-0.1, -0.05) is 6.08 Å². The predicted octanol–water partition coefficient (Wildman–Crippen LogP) is 2.47. The van der Waals surface area contributed by atoms with Gasteiger partial charge in [0.15, 0.2) is 0 Å². The Balaban J connectivity index is 1.97. The molecular weight excluding hydrogens is 224 g/mol. The van der Waals surface area contributed by atoms with E-state index in [1.807, 2.05) is 19.2 Å². The topological polar surface area (TPSA) is 53.6 Å². The molecule has 18 heavy (non-hydrogen) atoms. The van der Waals surface area contributed by atoms with E-state index in [1.54, 1.807) is 0 Å². The van der Waals surface area contributed by atoms with Crippen LogP contribution in [-0.4, -0.2) is 21.7 Å². The molecule has 92 valence electrons. The van der Waals surface area contributed by atoms with Crippen LogP contribution in [0.2, 0.25) is 0 Å². The number of aromatic amines is 1. The zero-order chi connectivity index (χ0) is 12.5. The van der Waals surface area contributed by atoms with Crippen molar-refractivity contribution in [1.82, 2.24) is 15.2 Å². The van der Waals surface area contributed by atoms with Crippen LogP contribution < -0.4 is 5.32 Å². The lowest BCUT2D eigenvalue weighted by atomic mass is 9.95. The van der Waals surface area contributed by atoms with E-state index in [4.69, 9.17) is 0 Å². The lowest BCUT2D eigenvalue weighted by Crippen LogP contribution is -2.11. The number of rotatable bonds is 2. The number of anilines is 1. The van der Waals surface area contributed by atoms with E-state index >= 15 is 0 Å². The first-order chi connectivity index (χ1) is 8.75. The molecule has 0 fully saturated rings. The second kappa shape index (κ2) is 4.29. The molecule has 0 saturated heterocycles. The van der Waals surface area contributed by atoms with Gasteiger partial charge < -0.3 is 5.32 Å². The average molecular weight is 240 g/mol. The summed E-state index contributed by atoms with van der Waals surface area (Å²) in [5.41, 5.74) is 6.04. The van der Waals surface area contributed by atoms with Crippen LogP contribution >= 0.6 is 0 Å². The Hall–Kier alpha value is -2.10. The molecule has 3 rings (SSSR count). The Morgan fingerprint density at radius 2 is 2.22 bits per heavy atom. The number of H-pyrrole nitrogens is 1. The zero-order valence-corrected chi connectivity index (χ0v) is 10.6. The van der Waals surface area contributed by atoms with Crippen molar-refractivity contribution in [2.75, 3.05) is 11.9 Å². The molecule has 0 spiro atoms. The highest BCUT2D eigenvalue weighted by atomic mass is 15.1. The molecule has 4 heteroatoms.